The fraction of sp³-hybridized carbons (Fsp3) is 0.647. The predicted octanol–water partition coefficient (Wildman–Crippen LogP) is 3.59. The highest BCUT2D eigenvalue weighted by Gasteiger charge is 2.57. The second-order valence-corrected chi connectivity index (χ2v) is 7.55. The maximum absolute atomic E-state index is 12.6. The third-order valence-electron chi connectivity index (χ3n) is 4.46. The number of alkyl halides is 3. The Morgan fingerprint density at radius 2 is 1.88 bits per heavy atom. The lowest BCUT2D eigenvalue weighted by Crippen LogP contribution is -2.37. The van der Waals surface area contributed by atoms with Crippen molar-refractivity contribution >= 4 is 6.09 Å². The molecule has 8 heteroatoms. The first-order valence-electron chi connectivity index (χ1n) is 8.19. The molecule has 1 aliphatic carbocycles. The van der Waals surface area contributed by atoms with Gasteiger partial charge < -0.3 is 14.4 Å². The van der Waals surface area contributed by atoms with Crippen LogP contribution in [0.3, 0.4) is 0 Å². The van der Waals surface area contributed by atoms with Gasteiger partial charge in [-0.2, -0.15) is 13.2 Å². The van der Waals surface area contributed by atoms with Gasteiger partial charge in [-0.15, -0.1) is 0 Å². The summed E-state index contributed by atoms with van der Waals surface area (Å²) < 4.78 is 48.7. The van der Waals surface area contributed by atoms with Crippen molar-refractivity contribution in [2.24, 2.45) is 17.8 Å². The van der Waals surface area contributed by atoms with Crippen LogP contribution in [-0.2, 0) is 10.9 Å². The summed E-state index contributed by atoms with van der Waals surface area (Å²) in [7, 11) is 0. The highest BCUT2D eigenvalue weighted by atomic mass is 19.4. The van der Waals surface area contributed by atoms with Crippen molar-refractivity contribution in [1.29, 1.82) is 0 Å². The summed E-state index contributed by atoms with van der Waals surface area (Å²) in [6.45, 7) is 6.97. The van der Waals surface area contributed by atoms with Gasteiger partial charge in [-0.25, -0.2) is 9.78 Å². The Morgan fingerprint density at radius 1 is 1.24 bits per heavy atom. The number of carbonyl (C=O) groups excluding carboxylic acids is 1. The van der Waals surface area contributed by atoms with Crippen LogP contribution in [0.25, 0.3) is 0 Å². The average molecular weight is 358 g/mol. The van der Waals surface area contributed by atoms with E-state index in [2.05, 4.69) is 4.98 Å². The van der Waals surface area contributed by atoms with Gasteiger partial charge in [0.2, 0.25) is 5.88 Å². The van der Waals surface area contributed by atoms with Gasteiger partial charge in [-0.05, 0) is 38.7 Å². The molecule has 0 aromatic carbocycles. The van der Waals surface area contributed by atoms with Crippen LogP contribution in [0.1, 0.15) is 26.5 Å². The summed E-state index contributed by atoms with van der Waals surface area (Å²) in [6, 6.07) is 3.61. The largest absolute Gasteiger partial charge is 0.477 e. The van der Waals surface area contributed by atoms with E-state index in [1.165, 1.54) is 12.1 Å². The first-order valence-corrected chi connectivity index (χ1v) is 8.19. The minimum atomic E-state index is -4.48. The summed E-state index contributed by atoms with van der Waals surface area (Å²) in [5.41, 5.74) is -1.49. The normalized spacial score (nSPS) is 25.5. The van der Waals surface area contributed by atoms with Crippen LogP contribution >= 0.6 is 0 Å². The third-order valence-corrected chi connectivity index (χ3v) is 4.46. The van der Waals surface area contributed by atoms with E-state index < -0.39 is 17.5 Å². The first-order chi connectivity index (χ1) is 11.5. The van der Waals surface area contributed by atoms with Gasteiger partial charge in [0.1, 0.15) is 11.3 Å². The van der Waals surface area contributed by atoms with E-state index >= 15 is 0 Å². The number of piperidine rings is 1. The van der Waals surface area contributed by atoms with Crippen LogP contribution in [0.4, 0.5) is 18.0 Å². The molecule has 1 aromatic rings. The van der Waals surface area contributed by atoms with Crippen molar-refractivity contribution in [3.05, 3.63) is 23.9 Å². The number of ether oxygens (including phenoxy) is 2. The lowest BCUT2D eigenvalue weighted by molar-refractivity contribution is -0.141. The number of pyridine rings is 1. The predicted molar refractivity (Wildman–Crippen MR) is 83.0 cm³/mol. The quantitative estimate of drug-likeness (QED) is 0.829. The Balaban J connectivity index is 1.47. The lowest BCUT2D eigenvalue weighted by atomic mass is 10.2. The van der Waals surface area contributed by atoms with Crippen LogP contribution in [0, 0.1) is 17.8 Å². The van der Waals surface area contributed by atoms with Crippen LogP contribution < -0.4 is 4.74 Å². The molecule has 1 aliphatic heterocycles. The SMILES string of the molecule is CC(C)(C)OC(=O)N1CC2C(COc3cccc(C(F)(F)F)n3)C2C1. The van der Waals surface area contributed by atoms with E-state index in [0.29, 0.717) is 31.5 Å². The highest BCUT2D eigenvalue weighted by molar-refractivity contribution is 5.69. The molecule has 3 rings (SSSR count). The van der Waals surface area contributed by atoms with Crippen LogP contribution in [0.2, 0.25) is 0 Å². The third kappa shape index (κ3) is 4.16. The van der Waals surface area contributed by atoms with E-state index in [1.54, 1.807) is 4.90 Å². The number of carbonyl (C=O) groups is 1. The Labute approximate surface area is 144 Å². The highest BCUT2D eigenvalue weighted by Crippen LogP contribution is 2.51. The molecule has 1 aromatic heterocycles. The van der Waals surface area contributed by atoms with Crippen LogP contribution in [0.15, 0.2) is 18.2 Å². The van der Waals surface area contributed by atoms with Gasteiger partial charge in [-0.3, -0.25) is 0 Å². The molecule has 0 spiro atoms. The molecule has 5 nitrogen and oxygen atoms in total. The van der Waals surface area contributed by atoms with Gasteiger partial charge >= 0.3 is 12.3 Å². The topological polar surface area (TPSA) is 51.7 Å². The number of halogens is 3. The fourth-order valence-corrected chi connectivity index (χ4v) is 3.21. The summed E-state index contributed by atoms with van der Waals surface area (Å²) >= 11 is 0. The Bertz CT molecular complexity index is 645. The second kappa shape index (κ2) is 6.07. The Kier molecular flexibility index (Phi) is 4.33. The molecule has 138 valence electrons. The lowest BCUT2D eigenvalue weighted by Gasteiger charge is -2.25. The van der Waals surface area contributed by atoms with Crippen molar-refractivity contribution in [2.75, 3.05) is 19.7 Å². The number of aromatic nitrogens is 1. The molecule has 2 heterocycles. The maximum Gasteiger partial charge on any atom is 0.433 e. The molecule has 2 atom stereocenters. The van der Waals surface area contributed by atoms with Crippen molar-refractivity contribution in [3.8, 4) is 5.88 Å². The monoisotopic (exact) mass is 358 g/mol. The zero-order chi connectivity index (χ0) is 18.4. The van der Waals surface area contributed by atoms with E-state index in [-0.39, 0.29) is 17.9 Å². The van der Waals surface area contributed by atoms with Crippen molar-refractivity contribution < 1.29 is 27.4 Å². The summed E-state index contributed by atoms with van der Waals surface area (Å²) in [5.74, 6) is 0.857. The zero-order valence-corrected chi connectivity index (χ0v) is 14.3. The number of rotatable bonds is 3. The van der Waals surface area contributed by atoms with Crippen LogP contribution in [-0.4, -0.2) is 41.3 Å². The molecule has 1 amide bonds. The van der Waals surface area contributed by atoms with Gasteiger partial charge in [0.15, 0.2) is 0 Å². The van der Waals surface area contributed by atoms with Gasteiger partial charge in [-0.1, -0.05) is 6.07 Å². The summed E-state index contributed by atoms with van der Waals surface area (Å²) in [5, 5.41) is 0. The van der Waals surface area contributed by atoms with Crippen molar-refractivity contribution in [3.63, 3.8) is 0 Å². The number of hydrogen-bond donors (Lipinski definition) is 0. The van der Waals surface area contributed by atoms with Crippen molar-refractivity contribution in [1.82, 2.24) is 9.88 Å². The van der Waals surface area contributed by atoms with E-state index in [0.717, 1.165) is 6.07 Å². The van der Waals surface area contributed by atoms with Gasteiger partial charge in [0.25, 0.3) is 0 Å². The standard InChI is InChI=1S/C17H21F3N2O3/c1-16(2,3)25-15(23)22-7-10-11(8-22)12(10)9-24-14-6-4-5-13(21-14)17(18,19)20/h4-6,10-12H,7-9H2,1-3H3. The number of hydrogen-bond acceptors (Lipinski definition) is 4. The van der Waals surface area contributed by atoms with E-state index in [1.807, 2.05) is 20.8 Å². The molecular formula is C17H21F3N2O3. The van der Waals surface area contributed by atoms with Gasteiger partial charge in [0.05, 0.1) is 6.61 Å². The maximum atomic E-state index is 12.6. The number of nitrogens with zero attached hydrogens (tertiary/aromatic N) is 2. The van der Waals surface area contributed by atoms with Crippen molar-refractivity contribution in [2.45, 2.75) is 32.5 Å². The molecule has 0 N–H and O–H groups in total. The molecule has 0 radical (unpaired) electrons. The minimum Gasteiger partial charge on any atom is -0.477 e. The van der Waals surface area contributed by atoms with E-state index in [9.17, 15) is 18.0 Å². The molecular weight excluding hydrogens is 337 g/mol. The zero-order valence-electron chi connectivity index (χ0n) is 14.3. The Morgan fingerprint density at radius 3 is 2.44 bits per heavy atom. The summed E-state index contributed by atoms with van der Waals surface area (Å²) in [6.07, 6.45) is -4.80. The molecule has 2 aliphatic rings. The minimum absolute atomic E-state index is 0.0243. The average Bonchev–Trinajstić information content (AvgIpc) is 2.93. The Hall–Kier alpha value is -1.99. The van der Waals surface area contributed by atoms with Gasteiger partial charge in [0, 0.05) is 25.1 Å². The van der Waals surface area contributed by atoms with E-state index in [4.69, 9.17) is 9.47 Å². The molecule has 2 fully saturated rings. The molecule has 25 heavy (non-hydrogen) atoms. The molecule has 1 saturated heterocycles. The number of fused-ring (bicyclic) bond motifs is 1. The smallest absolute Gasteiger partial charge is 0.433 e. The second-order valence-electron chi connectivity index (χ2n) is 7.55. The molecule has 0 bridgehead atoms. The molecule has 1 saturated carbocycles. The number of amides is 1. The number of likely N-dealkylation sites (tertiary alicyclic amines) is 1. The summed E-state index contributed by atoms with van der Waals surface area (Å²) in [4.78, 5) is 17.2. The fourth-order valence-electron chi connectivity index (χ4n) is 3.21. The first kappa shape index (κ1) is 17.8. The van der Waals surface area contributed by atoms with Crippen LogP contribution in [0.5, 0.6) is 5.88 Å². The molecule has 2 unspecified atom stereocenters.